The molecule has 2 aliphatic rings. The summed E-state index contributed by atoms with van der Waals surface area (Å²) in [6.45, 7) is 7.33. The standard InChI is InChI=1S/C22H32N2O3/c1-22(2,3)27-21(25)24-18-8-9-19(24)15-17(14-18)16-6-10-20(11-7-16)26-13-12-23(4)5/h6-7,10-11,14,18-19H,8-9,12-13,15H2,1-5H3. The van der Waals surface area contributed by atoms with E-state index < -0.39 is 5.60 Å². The van der Waals surface area contributed by atoms with Crippen LogP contribution in [0.4, 0.5) is 4.79 Å². The summed E-state index contributed by atoms with van der Waals surface area (Å²) < 4.78 is 11.4. The number of rotatable bonds is 5. The molecule has 5 heteroatoms. The fourth-order valence-electron chi connectivity index (χ4n) is 3.75. The van der Waals surface area contributed by atoms with Gasteiger partial charge in [-0.1, -0.05) is 18.2 Å². The number of benzene rings is 1. The molecule has 1 aromatic carbocycles. The molecule has 2 unspecified atom stereocenters. The molecule has 1 amide bonds. The van der Waals surface area contributed by atoms with Gasteiger partial charge in [0.1, 0.15) is 18.0 Å². The number of likely N-dealkylation sites (N-methyl/N-ethyl adjacent to an activating group) is 1. The van der Waals surface area contributed by atoms with E-state index in [0.29, 0.717) is 6.61 Å². The van der Waals surface area contributed by atoms with Gasteiger partial charge in [0, 0.05) is 12.6 Å². The van der Waals surface area contributed by atoms with Gasteiger partial charge in [-0.2, -0.15) is 0 Å². The molecule has 2 atom stereocenters. The number of ether oxygens (including phenoxy) is 2. The first-order valence-corrected chi connectivity index (χ1v) is 9.83. The van der Waals surface area contributed by atoms with E-state index in [9.17, 15) is 4.79 Å². The molecule has 0 radical (unpaired) electrons. The van der Waals surface area contributed by atoms with E-state index in [4.69, 9.17) is 9.47 Å². The normalized spacial score (nSPS) is 22.0. The highest BCUT2D eigenvalue weighted by molar-refractivity contribution is 5.75. The minimum atomic E-state index is -0.455. The number of carbonyl (C=O) groups is 1. The van der Waals surface area contributed by atoms with Gasteiger partial charge in [0.2, 0.25) is 0 Å². The number of hydrogen-bond donors (Lipinski definition) is 0. The van der Waals surface area contributed by atoms with Crippen LogP contribution in [0.2, 0.25) is 0 Å². The van der Waals surface area contributed by atoms with E-state index in [1.807, 2.05) is 51.9 Å². The first kappa shape index (κ1) is 19.7. The van der Waals surface area contributed by atoms with Crippen LogP contribution in [0.25, 0.3) is 5.57 Å². The third-order valence-electron chi connectivity index (χ3n) is 5.03. The summed E-state index contributed by atoms with van der Waals surface area (Å²) in [6.07, 6.45) is 5.00. The van der Waals surface area contributed by atoms with Crippen LogP contribution in [0.15, 0.2) is 30.3 Å². The summed E-state index contributed by atoms with van der Waals surface area (Å²) in [5, 5.41) is 0. The molecule has 0 aromatic heterocycles. The van der Waals surface area contributed by atoms with Crippen LogP contribution in [-0.2, 0) is 4.74 Å². The summed E-state index contributed by atoms with van der Waals surface area (Å²) in [5.74, 6) is 0.898. The molecule has 0 spiro atoms. The third kappa shape index (κ3) is 5.04. The lowest BCUT2D eigenvalue weighted by Gasteiger charge is -2.35. The summed E-state index contributed by atoms with van der Waals surface area (Å²) in [5.41, 5.74) is 2.08. The Morgan fingerprint density at radius 1 is 1.19 bits per heavy atom. The Labute approximate surface area is 162 Å². The molecule has 0 N–H and O–H groups in total. The number of nitrogens with zero attached hydrogens (tertiary/aromatic N) is 2. The van der Waals surface area contributed by atoms with E-state index in [2.05, 4.69) is 23.1 Å². The van der Waals surface area contributed by atoms with Crippen molar-refractivity contribution in [2.75, 3.05) is 27.2 Å². The highest BCUT2D eigenvalue weighted by Crippen LogP contribution is 2.39. The molecule has 1 aromatic rings. The Hall–Kier alpha value is -2.01. The Morgan fingerprint density at radius 2 is 1.89 bits per heavy atom. The van der Waals surface area contributed by atoms with Gasteiger partial charge in [0.05, 0.1) is 6.04 Å². The molecule has 1 saturated heterocycles. The quantitative estimate of drug-likeness (QED) is 0.777. The van der Waals surface area contributed by atoms with Crippen molar-refractivity contribution in [3.05, 3.63) is 35.9 Å². The SMILES string of the molecule is CN(C)CCOc1ccc(C2=CC3CCC(C2)N3C(=O)OC(C)(C)C)cc1. The number of hydrogen-bond acceptors (Lipinski definition) is 4. The predicted molar refractivity (Wildman–Crippen MR) is 108 cm³/mol. The Bertz CT molecular complexity index is 689. The molecular weight excluding hydrogens is 340 g/mol. The molecule has 0 aliphatic carbocycles. The molecule has 1 fully saturated rings. The minimum absolute atomic E-state index is 0.143. The highest BCUT2D eigenvalue weighted by Gasteiger charge is 2.41. The van der Waals surface area contributed by atoms with Crippen LogP contribution in [0.3, 0.4) is 0 Å². The van der Waals surface area contributed by atoms with Gasteiger partial charge in [-0.25, -0.2) is 4.79 Å². The summed E-state index contributed by atoms with van der Waals surface area (Å²) >= 11 is 0. The van der Waals surface area contributed by atoms with E-state index in [-0.39, 0.29) is 18.2 Å². The van der Waals surface area contributed by atoms with Gasteiger partial charge >= 0.3 is 6.09 Å². The zero-order valence-corrected chi connectivity index (χ0v) is 17.2. The number of fused-ring (bicyclic) bond motifs is 2. The van der Waals surface area contributed by atoms with Crippen LogP contribution < -0.4 is 4.74 Å². The lowest BCUT2D eigenvalue weighted by Crippen LogP contribution is -2.45. The summed E-state index contributed by atoms with van der Waals surface area (Å²) in [6, 6.07) is 8.70. The van der Waals surface area contributed by atoms with Gasteiger partial charge in [0.25, 0.3) is 0 Å². The van der Waals surface area contributed by atoms with Crippen molar-refractivity contribution in [1.82, 2.24) is 9.80 Å². The molecular formula is C22H32N2O3. The van der Waals surface area contributed by atoms with Crippen molar-refractivity contribution in [2.45, 2.75) is 57.7 Å². The molecule has 148 valence electrons. The van der Waals surface area contributed by atoms with E-state index in [1.165, 1.54) is 11.1 Å². The van der Waals surface area contributed by atoms with Crippen LogP contribution in [0.5, 0.6) is 5.75 Å². The first-order valence-electron chi connectivity index (χ1n) is 9.83. The summed E-state index contributed by atoms with van der Waals surface area (Å²) in [4.78, 5) is 16.6. The highest BCUT2D eigenvalue weighted by atomic mass is 16.6. The number of carbonyl (C=O) groups excluding carboxylic acids is 1. The minimum Gasteiger partial charge on any atom is -0.492 e. The Morgan fingerprint density at radius 3 is 2.48 bits per heavy atom. The zero-order valence-electron chi connectivity index (χ0n) is 17.2. The van der Waals surface area contributed by atoms with E-state index in [1.54, 1.807) is 0 Å². The fraction of sp³-hybridized carbons (Fsp3) is 0.591. The summed E-state index contributed by atoms with van der Waals surface area (Å²) in [7, 11) is 4.08. The Balaban J connectivity index is 1.65. The van der Waals surface area contributed by atoms with E-state index in [0.717, 1.165) is 31.6 Å². The maximum atomic E-state index is 12.6. The molecule has 2 aliphatic heterocycles. The van der Waals surface area contributed by atoms with Crippen LogP contribution in [0, 0.1) is 0 Å². The van der Waals surface area contributed by atoms with Crippen molar-refractivity contribution in [1.29, 1.82) is 0 Å². The van der Waals surface area contributed by atoms with Gasteiger partial charge in [-0.15, -0.1) is 0 Å². The molecule has 5 nitrogen and oxygen atoms in total. The van der Waals surface area contributed by atoms with Crippen molar-refractivity contribution in [3.63, 3.8) is 0 Å². The largest absolute Gasteiger partial charge is 0.492 e. The van der Waals surface area contributed by atoms with Crippen molar-refractivity contribution in [3.8, 4) is 5.75 Å². The van der Waals surface area contributed by atoms with Crippen molar-refractivity contribution < 1.29 is 14.3 Å². The van der Waals surface area contributed by atoms with Gasteiger partial charge in [0.15, 0.2) is 0 Å². The number of amides is 1. The maximum Gasteiger partial charge on any atom is 0.411 e. The molecule has 2 heterocycles. The molecule has 2 bridgehead atoms. The Kier molecular flexibility index (Phi) is 5.80. The predicted octanol–water partition coefficient (Wildman–Crippen LogP) is 4.18. The second kappa shape index (κ2) is 7.93. The van der Waals surface area contributed by atoms with Crippen LogP contribution in [-0.4, -0.2) is 60.8 Å². The van der Waals surface area contributed by atoms with Crippen LogP contribution in [0.1, 0.15) is 45.6 Å². The molecule has 27 heavy (non-hydrogen) atoms. The van der Waals surface area contributed by atoms with E-state index >= 15 is 0 Å². The maximum absolute atomic E-state index is 12.6. The topological polar surface area (TPSA) is 42.0 Å². The second-order valence-corrected chi connectivity index (χ2v) is 8.76. The third-order valence-corrected chi connectivity index (χ3v) is 5.03. The monoisotopic (exact) mass is 372 g/mol. The fourth-order valence-corrected chi connectivity index (χ4v) is 3.75. The molecule has 3 rings (SSSR count). The average molecular weight is 373 g/mol. The van der Waals surface area contributed by atoms with Crippen LogP contribution >= 0.6 is 0 Å². The van der Waals surface area contributed by atoms with Gasteiger partial charge in [-0.05, 0) is 77.4 Å². The lowest BCUT2D eigenvalue weighted by molar-refractivity contribution is 0.0175. The zero-order chi connectivity index (χ0) is 19.6. The van der Waals surface area contributed by atoms with Gasteiger partial charge in [-0.3, -0.25) is 4.90 Å². The smallest absolute Gasteiger partial charge is 0.411 e. The lowest BCUT2D eigenvalue weighted by atomic mass is 9.95. The van der Waals surface area contributed by atoms with Crippen molar-refractivity contribution in [2.24, 2.45) is 0 Å². The van der Waals surface area contributed by atoms with Gasteiger partial charge < -0.3 is 14.4 Å². The first-order chi connectivity index (χ1) is 12.7. The molecule has 0 saturated carbocycles. The average Bonchev–Trinajstić information content (AvgIpc) is 2.84. The van der Waals surface area contributed by atoms with Crippen molar-refractivity contribution >= 4 is 11.7 Å². The second-order valence-electron chi connectivity index (χ2n) is 8.76.